The number of nitrogens with zero attached hydrogens (tertiary/aromatic N) is 1. The third-order valence-corrected chi connectivity index (χ3v) is 4.04. The molecule has 0 bridgehead atoms. The first-order chi connectivity index (χ1) is 9.19. The molecule has 0 spiro atoms. The first-order valence-electron chi connectivity index (χ1n) is 5.91. The van der Waals surface area contributed by atoms with Crippen molar-refractivity contribution in [2.24, 2.45) is 0 Å². The molecule has 0 amide bonds. The minimum absolute atomic E-state index is 0.431. The SMILES string of the molecule is CCNCc1nc(COc2ccc(Cl)c(Cl)c2)cs1. The molecule has 6 heteroatoms. The summed E-state index contributed by atoms with van der Waals surface area (Å²) in [7, 11) is 0. The lowest BCUT2D eigenvalue weighted by Crippen LogP contribution is -2.11. The molecule has 2 aromatic rings. The van der Waals surface area contributed by atoms with E-state index in [0.29, 0.717) is 22.4 Å². The Bertz CT molecular complexity index is 545. The average Bonchev–Trinajstić information content (AvgIpc) is 2.86. The Labute approximate surface area is 126 Å². The van der Waals surface area contributed by atoms with Crippen LogP contribution in [0.4, 0.5) is 0 Å². The molecule has 0 aliphatic rings. The van der Waals surface area contributed by atoms with Crippen molar-refractivity contribution in [3.8, 4) is 5.75 Å². The molecule has 102 valence electrons. The summed E-state index contributed by atoms with van der Waals surface area (Å²) >= 11 is 13.4. The van der Waals surface area contributed by atoms with E-state index >= 15 is 0 Å². The van der Waals surface area contributed by atoms with Gasteiger partial charge in [0.15, 0.2) is 0 Å². The van der Waals surface area contributed by atoms with Crippen LogP contribution >= 0.6 is 34.5 Å². The third-order valence-electron chi connectivity index (χ3n) is 2.40. The Morgan fingerprint density at radius 1 is 1.32 bits per heavy atom. The molecule has 3 nitrogen and oxygen atoms in total. The van der Waals surface area contributed by atoms with Gasteiger partial charge in [-0.15, -0.1) is 11.3 Å². The van der Waals surface area contributed by atoms with Crippen molar-refractivity contribution in [2.45, 2.75) is 20.1 Å². The van der Waals surface area contributed by atoms with Crippen LogP contribution in [0.1, 0.15) is 17.6 Å². The second-order valence-corrected chi connectivity index (χ2v) is 5.63. The number of rotatable bonds is 6. The average molecular weight is 317 g/mol. The first kappa shape index (κ1) is 14.6. The van der Waals surface area contributed by atoms with Crippen LogP contribution in [-0.4, -0.2) is 11.5 Å². The van der Waals surface area contributed by atoms with Crippen LogP contribution in [0, 0.1) is 0 Å². The summed E-state index contributed by atoms with van der Waals surface area (Å²) in [5.74, 6) is 0.690. The fourth-order valence-electron chi connectivity index (χ4n) is 1.45. The number of nitrogens with one attached hydrogen (secondary N) is 1. The molecule has 0 aliphatic carbocycles. The summed E-state index contributed by atoms with van der Waals surface area (Å²) in [6.07, 6.45) is 0. The Balaban J connectivity index is 1.91. The maximum absolute atomic E-state index is 5.92. The predicted octanol–water partition coefficient (Wildman–Crippen LogP) is 4.14. The van der Waals surface area contributed by atoms with E-state index in [1.165, 1.54) is 0 Å². The van der Waals surface area contributed by atoms with Crippen LogP contribution in [0.2, 0.25) is 10.0 Å². The van der Waals surface area contributed by atoms with E-state index in [4.69, 9.17) is 27.9 Å². The number of aromatic nitrogens is 1. The van der Waals surface area contributed by atoms with Gasteiger partial charge in [-0.2, -0.15) is 0 Å². The highest BCUT2D eigenvalue weighted by atomic mass is 35.5. The van der Waals surface area contributed by atoms with Crippen LogP contribution in [0.25, 0.3) is 0 Å². The van der Waals surface area contributed by atoms with E-state index in [2.05, 4.69) is 17.2 Å². The Hall–Kier alpha value is -0.810. The highest BCUT2D eigenvalue weighted by Gasteiger charge is 2.04. The summed E-state index contributed by atoms with van der Waals surface area (Å²) in [6.45, 7) is 4.24. The minimum atomic E-state index is 0.431. The smallest absolute Gasteiger partial charge is 0.131 e. The first-order valence-corrected chi connectivity index (χ1v) is 7.54. The molecule has 1 N–H and O–H groups in total. The number of ether oxygens (including phenoxy) is 1. The van der Waals surface area contributed by atoms with Crippen LogP contribution in [0.5, 0.6) is 5.75 Å². The summed E-state index contributed by atoms with van der Waals surface area (Å²) in [4.78, 5) is 4.47. The molecule has 0 radical (unpaired) electrons. The van der Waals surface area contributed by atoms with E-state index in [1.807, 2.05) is 5.38 Å². The monoisotopic (exact) mass is 316 g/mol. The van der Waals surface area contributed by atoms with Crippen molar-refractivity contribution in [1.82, 2.24) is 10.3 Å². The van der Waals surface area contributed by atoms with Crippen molar-refractivity contribution in [3.63, 3.8) is 0 Å². The van der Waals surface area contributed by atoms with Gasteiger partial charge in [-0.05, 0) is 18.7 Å². The number of benzene rings is 1. The minimum Gasteiger partial charge on any atom is -0.487 e. The predicted molar refractivity (Wildman–Crippen MR) is 80.3 cm³/mol. The molecule has 1 aromatic carbocycles. The Kier molecular flexibility index (Phi) is 5.45. The maximum atomic E-state index is 5.92. The van der Waals surface area contributed by atoms with Gasteiger partial charge in [-0.25, -0.2) is 4.98 Å². The van der Waals surface area contributed by atoms with Crippen molar-refractivity contribution < 1.29 is 4.74 Å². The van der Waals surface area contributed by atoms with E-state index in [1.54, 1.807) is 29.5 Å². The molecule has 0 saturated carbocycles. The number of hydrogen-bond acceptors (Lipinski definition) is 4. The van der Waals surface area contributed by atoms with Crippen molar-refractivity contribution in [3.05, 3.63) is 44.3 Å². The van der Waals surface area contributed by atoms with Crippen LogP contribution < -0.4 is 10.1 Å². The zero-order valence-corrected chi connectivity index (χ0v) is 12.8. The molecule has 0 aliphatic heterocycles. The zero-order chi connectivity index (χ0) is 13.7. The topological polar surface area (TPSA) is 34.2 Å². The van der Waals surface area contributed by atoms with Crippen molar-refractivity contribution >= 4 is 34.5 Å². The highest BCUT2D eigenvalue weighted by molar-refractivity contribution is 7.09. The lowest BCUT2D eigenvalue weighted by molar-refractivity contribution is 0.302. The summed E-state index contributed by atoms with van der Waals surface area (Å²) in [5.41, 5.74) is 0.920. The molecule has 1 aromatic heterocycles. The fourth-order valence-corrected chi connectivity index (χ4v) is 2.49. The Morgan fingerprint density at radius 2 is 2.16 bits per heavy atom. The maximum Gasteiger partial charge on any atom is 0.131 e. The van der Waals surface area contributed by atoms with Gasteiger partial charge >= 0.3 is 0 Å². The normalized spacial score (nSPS) is 10.7. The molecule has 2 rings (SSSR count). The van der Waals surface area contributed by atoms with E-state index in [0.717, 1.165) is 23.8 Å². The summed E-state index contributed by atoms with van der Waals surface area (Å²) in [6, 6.07) is 5.22. The number of halogens is 2. The van der Waals surface area contributed by atoms with Crippen LogP contribution in [0.15, 0.2) is 23.6 Å². The molecule has 0 saturated heterocycles. The lowest BCUT2D eigenvalue weighted by atomic mass is 10.3. The van der Waals surface area contributed by atoms with Gasteiger partial charge < -0.3 is 10.1 Å². The van der Waals surface area contributed by atoms with Gasteiger partial charge in [0.25, 0.3) is 0 Å². The molecule has 1 heterocycles. The number of thiazole rings is 1. The fraction of sp³-hybridized carbons (Fsp3) is 0.308. The van der Waals surface area contributed by atoms with E-state index in [-0.39, 0.29) is 0 Å². The quantitative estimate of drug-likeness (QED) is 0.869. The zero-order valence-electron chi connectivity index (χ0n) is 10.5. The highest BCUT2D eigenvalue weighted by Crippen LogP contribution is 2.26. The molecule has 0 atom stereocenters. The molecular formula is C13H14Cl2N2OS. The van der Waals surface area contributed by atoms with Gasteiger partial charge in [0.05, 0.1) is 15.7 Å². The van der Waals surface area contributed by atoms with E-state index < -0.39 is 0 Å². The van der Waals surface area contributed by atoms with Gasteiger partial charge in [0, 0.05) is 18.0 Å². The molecule has 0 unspecified atom stereocenters. The lowest BCUT2D eigenvalue weighted by Gasteiger charge is -2.05. The summed E-state index contributed by atoms with van der Waals surface area (Å²) < 4.78 is 5.63. The standard InChI is InChI=1S/C13H14Cl2N2OS/c1-2-16-6-13-17-9(8-19-13)7-18-10-3-4-11(14)12(15)5-10/h3-5,8,16H,2,6-7H2,1H3. The van der Waals surface area contributed by atoms with Crippen LogP contribution in [-0.2, 0) is 13.2 Å². The Morgan fingerprint density at radius 3 is 2.89 bits per heavy atom. The van der Waals surface area contributed by atoms with Gasteiger partial charge in [-0.1, -0.05) is 30.1 Å². The van der Waals surface area contributed by atoms with Gasteiger partial charge in [0.2, 0.25) is 0 Å². The molecular weight excluding hydrogens is 303 g/mol. The molecule has 0 fully saturated rings. The van der Waals surface area contributed by atoms with Crippen molar-refractivity contribution in [1.29, 1.82) is 0 Å². The second-order valence-electron chi connectivity index (χ2n) is 3.88. The van der Waals surface area contributed by atoms with Crippen molar-refractivity contribution in [2.75, 3.05) is 6.54 Å². The van der Waals surface area contributed by atoms with Gasteiger partial charge in [0.1, 0.15) is 17.4 Å². The third kappa shape index (κ3) is 4.35. The molecule has 19 heavy (non-hydrogen) atoms. The van der Waals surface area contributed by atoms with Gasteiger partial charge in [-0.3, -0.25) is 0 Å². The van der Waals surface area contributed by atoms with E-state index in [9.17, 15) is 0 Å². The summed E-state index contributed by atoms with van der Waals surface area (Å²) in [5, 5.41) is 7.32. The largest absolute Gasteiger partial charge is 0.487 e. The second kappa shape index (κ2) is 7.10. The van der Waals surface area contributed by atoms with Crippen LogP contribution in [0.3, 0.4) is 0 Å². The number of hydrogen-bond donors (Lipinski definition) is 1.